The van der Waals surface area contributed by atoms with E-state index in [1.54, 1.807) is 0 Å². The number of carbonyl (C=O) groups excluding carboxylic acids is 1. The Kier molecular flexibility index (Phi) is 5.64. The number of hydrogen-bond acceptors (Lipinski definition) is 6. The third kappa shape index (κ3) is 4.05. The first kappa shape index (κ1) is 18.6. The van der Waals surface area contributed by atoms with Gasteiger partial charge in [-0.25, -0.2) is 0 Å². The molecule has 0 atom stereocenters. The molecule has 3 aromatic rings. The van der Waals surface area contributed by atoms with Gasteiger partial charge in [-0.3, -0.25) is 9.20 Å². The molecule has 1 aliphatic carbocycles. The molecule has 0 aliphatic heterocycles. The Hall–Kier alpha value is -2.77. The van der Waals surface area contributed by atoms with Crippen molar-refractivity contribution >= 4 is 11.6 Å². The standard InChI is InChI=1S/C20H26N6O2/c1-2-7-16-22-20(28-25-16)15-10-6-11-26-17(23-24-19(15)26)13-21-18(27)12-14-8-4-3-5-9-14/h6,10-11,14H,2-5,7-9,12-13H2,1H3,(H,21,27). The minimum Gasteiger partial charge on any atom is -0.349 e. The highest BCUT2D eigenvalue weighted by molar-refractivity contribution is 5.76. The maximum Gasteiger partial charge on any atom is 0.261 e. The summed E-state index contributed by atoms with van der Waals surface area (Å²) >= 11 is 0. The Balaban J connectivity index is 1.46. The van der Waals surface area contributed by atoms with Crippen molar-refractivity contribution in [3.63, 3.8) is 0 Å². The quantitative estimate of drug-likeness (QED) is 0.673. The molecule has 28 heavy (non-hydrogen) atoms. The van der Waals surface area contributed by atoms with Gasteiger partial charge >= 0.3 is 0 Å². The summed E-state index contributed by atoms with van der Waals surface area (Å²) in [7, 11) is 0. The molecule has 0 bridgehead atoms. The maximum absolute atomic E-state index is 12.3. The van der Waals surface area contributed by atoms with E-state index in [-0.39, 0.29) is 5.91 Å². The summed E-state index contributed by atoms with van der Waals surface area (Å²) in [4.78, 5) is 16.7. The van der Waals surface area contributed by atoms with E-state index in [4.69, 9.17) is 4.52 Å². The number of hydrogen-bond donors (Lipinski definition) is 1. The van der Waals surface area contributed by atoms with Crippen molar-refractivity contribution in [2.75, 3.05) is 0 Å². The van der Waals surface area contributed by atoms with Gasteiger partial charge in [0.05, 0.1) is 12.1 Å². The smallest absolute Gasteiger partial charge is 0.261 e. The topological polar surface area (TPSA) is 98.2 Å². The highest BCUT2D eigenvalue weighted by atomic mass is 16.5. The minimum absolute atomic E-state index is 0.0842. The van der Waals surface area contributed by atoms with Crippen LogP contribution < -0.4 is 5.32 Å². The Bertz CT molecular complexity index is 941. The van der Waals surface area contributed by atoms with Gasteiger partial charge in [0.2, 0.25) is 5.91 Å². The molecule has 1 aliphatic rings. The second-order valence-corrected chi connectivity index (χ2v) is 7.48. The Morgan fingerprint density at radius 3 is 2.96 bits per heavy atom. The predicted octanol–water partition coefficient (Wildman–Crippen LogP) is 3.32. The van der Waals surface area contributed by atoms with Crippen molar-refractivity contribution < 1.29 is 9.32 Å². The summed E-state index contributed by atoms with van der Waals surface area (Å²) in [5, 5.41) is 15.5. The summed E-state index contributed by atoms with van der Waals surface area (Å²) in [6.07, 6.45) is 10.3. The molecule has 0 saturated heterocycles. The van der Waals surface area contributed by atoms with Crippen LogP contribution in [0.5, 0.6) is 0 Å². The van der Waals surface area contributed by atoms with E-state index in [0.717, 1.165) is 31.2 Å². The summed E-state index contributed by atoms with van der Waals surface area (Å²) < 4.78 is 7.25. The van der Waals surface area contributed by atoms with E-state index in [1.807, 2.05) is 22.7 Å². The van der Waals surface area contributed by atoms with E-state index in [1.165, 1.54) is 19.3 Å². The van der Waals surface area contributed by atoms with Crippen LogP contribution in [0, 0.1) is 5.92 Å². The van der Waals surface area contributed by atoms with Crippen LogP contribution in [0.1, 0.15) is 63.5 Å². The molecule has 148 valence electrons. The number of fused-ring (bicyclic) bond motifs is 1. The van der Waals surface area contributed by atoms with Gasteiger partial charge < -0.3 is 9.84 Å². The third-order valence-electron chi connectivity index (χ3n) is 5.32. The van der Waals surface area contributed by atoms with Gasteiger partial charge in [-0.15, -0.1) is 10.2 Å². The van der Waals surface area contributed by atoms with Gasteiger partial charge in [0.1, 0.15) is 0 Å². The molecule has 3 aromatic heterocycles. The zero-order chi connectivity index (χ0) is 19.3. The normalized spacial score (nSPS) is 15.2. The SMILES string of the molecule is CCCc1noc(-c2cccn3c(CNC(=O)CC4CCCCC4)nnc23)n1. The molecule has 1 fully saturated rings. The van der Waals surface area contributed by atoms with E-state index in [2.05, 4.69) is 32.6 Å². The monoisotopic (exact) mass is 382 g/mol. The van der Waals surface area contributed by atoms with Gasteiger partial charge in [0, 0.05) is 19.0 Å². The second-order valence-electron chi connectivity index (χ2n) is 7.48. The van der Waals surface area contributed by atoms with E-state index in [9.17, 15) is 4.79 Å². The van der Waals surface area contributed by atoms with Crippen LogP contribution >= 0.6 is 0 Å². The molecule has 8 nitrogen and oxygen atoms in total. The molecular weight excluding hydrogens is 356 g/mol. The molecule has 1 saturated carbocycles. The van der Waals surface area contributed by atoms with Crippen LogP contribution in [0.3, 0.4) is 0 Å². The summed E-state index contributed by atoms with van der Waals surface area (Å²) in [6.45, 7) is 2.42. The Morgan fingerprint density at radius 2 is 2.14 bits per heavy atom. The molecule has 1 N–H and O–H groups in total. The number of nitrogens with zero attached hydrogens (tertiary/aromatic N) is 5. The van der Waals surface area contributed by atoms with Gasteiger partial charge in [0.15, 0.2) is 17.3 Å². The number of rotatable bonds is 7. The van der Waals surface area contributed by atoms with Crippen LogP contribution in [-0.2, 0) is 17.8 Å². The van der Waals surface area contributed by atoms with Gasteiger partial charge in [-0.1, -0.05) is 31.3 Å². The van der Waals surface area contributed by atoms with Gasteiger partial charge in [-0.05, 0) is 37.3 Å². The second kappa shape index (κ2) is 8.50. The molecule has 4 rings (SSSR count). The minimum atomic E-state index is 0.0842. The average Bonchev–Trinajstić information content (AvgIpc) is 3.34. The lowest BCUT2D eigenvalue weighted by Gasteiger charge is -2.20. The third-order valence-corrected chi connectivity index (χ3v) is 5.32. The molecule has 8 heteroatoms. The maximum atomic E-state index is 12.3. The highest BCUT2D eigenvalue weighted by Crippen LogP contribution is 2.26. The van der Waals surface area contributed by atoms with Gasteiger partial charge in [-0.2, -0.15) is 4.98 Å². The lowest BCUT2D eigenvalue weighted by atomic mass is 9.87. The lowest BCUT2D eigenvalue weighted by molar-refractivity contribution is -0.122. The van der Waals surface area contributed by atoms with Crippen molar-refractivity contribution in [3.05, 3.63) is 30.0 Å². The van der Waals surface area contributed by atoms with Crippen LogP contribution in [0.4, 0.5) is 0 Å². The lowest BCUT2D eigenvalue weighted by Crippen LogP contribution is -2.26. The van der Waals surface area contributed by atoms with Crippen molar-refractivity contribution in [2.24, 2.45) is 5.92 Å². The first-order valence-electron chi connectivity index (χ1n) is 10.2. The fraction of sp³-hybridized carbons (Fsp3) is 0.550. The zero-order valence-electron chi connectivity index (χ0n) is 16.2. The van der Waals surface area contributed by atoms with Crippen LogP contribution in [-0.4, -0.2) is 30.6 Å². The number of nitrogens with one attached hydrogen (secondary N) is 1. The summed E-state index contributed by atoms with van der Waals surface area (Å²) in [6, 6.07) is 3.78. The Morgan fingerprint density at radius 1 is 1.29 bits per heavy atom. The number of amides is 1. The predicted molar refractivity (Wildman–Crippen MR) is 103 cm³/mol. The van der Waals surface area contributed by atoms with Crippen molar-refractivity contribution in [1.29, 1.82) is 0 Å². The molecule has 0 unspecified atom stereocenters. The molecule has 3 heterocycles. The van der Waals surface area contributed by atoms with Gasteiger partial charge in [0.25, 0.3) is 5.89 Å². The van der Waals surface area contributed by atoms with E-state index >= 15 is 0 Å². The summed E-state index contributed by atoms with van der Waals surface area (Å²) in [5.41, 5.74) is 1.38. The van der Waals surface area contributed by atoms with Crippen LogP contribution in [0.25, 0.3) is 17.1 Å². The average molecular weight is 382 g/mol. The van der Waals surface area contributed by atoms with E-state index < -0.39 is 0 Å². The Labute approximate surface area is 163 Å². The van der Waals surface area contributed by atoms with Crippen molar-refractivity contribution in [2.45, 2.75) is 64.8 Å². The highest BCUT2D eigenvalue weighted by Gasteiger charge is 2.19. The number of pyridine rings is 1. The summed E-state index contributed by atoms with van der Waals surface area (Å²) in [5.74, 6) is 2.41. The van der Waals surface area contributed by atoms with Crippen LogP contribution in [0.15, 0.2) is 22.9 Å². The van der Waals surface area contributed by atoms with Crippen molar-refractivity contribution in [1.82, 2.24) is 30.1 Å². The van der Waals surface area contributed by atoms with Crippen LogP contribution in [0.2, 0.25) is 0 Å². The number of carbonyl (C=O) groups is 1. The van der Waals surface area contributed by atoms with E-state index in [0.29, 0.717) is 42.1 Å². The molecule has 0 aromatic carbocycles. The fourth-order valence-corrected chi connectivity index (χ4v) is 3.84. The largest absolute Gasteiger partial charge is 0.349 e. The molecule has 0 spiro atoms. The zero-order valence-corrected chi connectivity index (χ0v) is 16.2. The molecular formula is C20H26N6O2. The fourth-order valence-electron chi connectivity index (χ4n) is 3.84. The number of aromatic nitrogens is 5. The first-order chi connectivity index (χ1) is 13.7. The molecule has 0 radical (unpaired) electrons. The first-order valence-corrected chi connectivity index (χ1v) is 10.2. The molecule has 1 amide bonds. The number of aryl methyl sites for hydroxylation is 1. The van der Waals surface area contributed by atoms with Crippen molar-refractivity contribution in [3.8, 4) is 11.5 Å².